The van der Waals surface area contributed by atoms with Crippen LogP contribution in [0.15, 0.2) is 23.8 Å². The molecule has 1 aliphatic rings. The molecule has 14 heavy (non-hydrogen) atoms. The molecule has 0 aliphatic heterocycles. The van der Waals surface area contributed by atoms with Gasteiger partial charge in [-0.05, 0) is 42.4 Å². The number of fused-ring (bicyclic) bond motifs is 1. The van der Waals surface area contributed by atoms with E-state index in [2.05, 4.69) is 45.0 Å². The highest BCUT2D eigenvalue weighted by atomic mass is 14.2. The van der Waals surface area contributed by atoms with Crippen molar-refractivity contribution in [3.05, 3.63) is 40.5 Å². The lowest BCUT2D eigenvalue weighted by molar-refractivity contribution is 0.644. The molecule has 1 aromatic rings. The van der Waals surface area contributed by atoms with Crippen LogP contribution in [0.4, 0.5) is 0 Å². The van der Waals surface area contributed by atoms with Crippen LogP contribution in [-0.4, -0.2) is 0 Å². The van der Waals surface area contributed by atoms with Gasteiger partial charge in [-0.3, -0.25) is 0 Å². The van der Waals surface area contributed by atoms with Crippen LogP contribution in [0.25, 0.3) is 6.08 Å². The summed E-state index contributed by atoms with van der Waals surface area (Å²) in [5, 5.41) is 0. The molecule has 0 nitrogen and oxygen atoms in total. The molecule has 0 amide bonds. The standard InChI is InChI=1S/C14H18/c1-10(2)7-12-5-4-6-13-8-11(3)9-14(12)13/h4-6,8,10H,7,9H2,1-3H3. The first-order valence-electron chi connectivity index (χ1n) is 5.44. The van der Waals surface area contributed by atoms with Crippen LogP contribution in [0.5, 0.6) is 0 Å². The summed E-state index contributed by atoms with van der Waals surface area (Å²) in [5.74, 6) is 0.752. The lowest BCUT2D eigenvalue weighted by Gasteiger charge is -2.10. The second-order valence-corrected chi connectivity index (χ2v) is 4.75. The van der Waals surface area contributed by atoms with Crippen LogP contribution in [0.1, 0.15) is 37.5 Å². The minimum atomic E-state index is 0.752. The molecule has 0 atom stereocenters. The molecular formula is C14H18. The van der Waals surface area contributed by atoms with E-state index < -0.39 is 0 Å². The molecule has 0 radical (unpaired) electrons. The largest absolute Gasteiger partial charge is 0.0683 e. The molecular weight excluding hydrogens is 168 g/mol. The summed E-state index contributed by atoms with van der Waals surface area (Å²) < 4.78 is 0. The Morgan fingerprint density at radius 2 is 2.07 bits per heavy atom. The van der Waals surface area contributed by atoms with E-state index in [0.29, 0.717) is 0 Å². The smallest absolute Gasteiger partial charge is 0.00579 e. The monoisotopic (exact) mass is 186 g/mol. The molecule has 0 fully saturated rings. The van der Waals surface area contributed by atoms with Crippen molar-refractivity contribution in [3.63, 3.8) is 0 Å². The SMILES string of the molecule is CC1=Cc2cccc(CC(C)C)c2C1. The Kier molecular flexibility index (Phi) is 2.45. The summed E-state index contributed by atoms with van der Waals surface area (Å²) in [6, 6.07) is 6.70. The van der Waals surface area contributed by atoms with Crippen molar-refractivity contribution in [2.75, 3.05) is 0 Å². The first-order valence-corrected chi connectivity index (χ1v) is 5.44. The van der Waals surface area contributed by atoms with E-state index in [-0.39, 0.29) is 0 Å². The summed E-state index contributed by atoms with van der Waals surface area (Å²) in [6.45, 7) is 6.79. The van der Waals surface area contributed by atoms with Gasteiger partial charge in [-0.25, -0.2) is 0 Å². The van der Waals surface area contributed by atoms with Crippen molar-refractivity contribution < 1.29 is 0 Å². The molecule has 0 heteroatoms. The maximum Gasteiger partial charge on any atom is -0.00579 e. The van der Waals surface area contributed by atoms with Crippen molar-refractivity contribution in [3.8, 4) is 0 Å². The van der Waals surface area contributed by atoms with E-state index in [1.165, 1.54) is 17.6 Å². The van der Waals surface area contributed by atoms with Crippen LogP contribution in [-0.2, 0) is 12.8 Å². The third-order valence-electron chi connectivity index (χ3n) is 2.79. The van der Waals surface area contributed by atoms with E-state index in [1.807, 2.05) is 0 Å². The molecule has 0 aromatic heterocycles. The van der Waals surface area contributed by atoms with Gasteiger partial charge >= 0.3 is 0 Å². The van der Waals surface area contributed by atoms with Gasteiger partial charge in [-0.1, -0.05) is 43.7 Å². The van der Waals surface area contributed by atoms with Gasteiger partial charge in [0.05, 0.1) is 0 Å². The molecule has 0 unspecified atom stereocenters. The lowest BCUT2D eigenvalue weighted by Crippen LogP contribution is -1.99. The Hall–Kier alpha value is -1.04. The Balaban J connectivity index is 2.34. The van der Waals surface area contributed by atoms with E-state index in [4.69, 9.17) is 0 Å². The van der Waals surface area contributed by atoms with Gasteiger partial charge in [0.2, 0.25) is 0 Å². The van der Waals surface area contributed by atoms with Gasteiger partial charge in [0.15, 0.2) is 0 Å². The van der Waals surface area contributed by atoms with Crippen molar-refractivity contribution in [1.29, 1.82) is 0 Å². The fourth-order valence-electron chi connectivity index (χ4n) is 2.23. The molecule has 0 spiro atoms. The Morgan fingerprint density at radius 3 is 2.79 bits per heavy atom. The van der Waals surface area contributed by atoms with Gasteiger partial charge in [0, 0.05) is 0 Å². The van der Waals surface area contributed by atoms with Crippen molar-refractivity contribution >= 4 is 6.08 Å². The average Bonchev–Trinajstić information content (AvgIpc) is 2.45. The van der Waals surface area contributed by atoms with Gasteiger partial charge < -0.3 is 0 Å². The highest BCUT2D eigenvalue weighted by molar-refractivity contribution is 5.65. The maximum absolute atomic E-state index is 2.32. The highest BCUT2D eigenvalue weighted by Crippen LogP contribution is 2.28. The van der Waals surface area contributed by atoms with Crippen LogP contribution in [0, 0.1) is 5.92 Å². The third kappa shape index (κ3) is 1.75. The molecule has 0 heterocycles. The summed E-state index contributed by atoms with van der Waals surface area (Å²) in [6.07, 6.45) is 4.70. The van der Waals surface area contributed by atoms with E-state index in [1.54, 1.807) is 11.1 Å². The first-order chi connectivity index (χ1) is 6.66. The molecule has 74 valence electrons. The average molecular weight is 186 g/mol. The van der Waals surface area contributed by atoms with Crippen LogP contribution in [0.3, 0.4) is 0 Å². The third-order valence-corrected chi connectivity index (χ3v) is 2.79. The van der Waals surface area contributed by atoms with Gasteiger partial charge in [0.25, 0.3) is 0 Å². The second kappa shape index (κ2) is 3.61. The number of hydrogen-bond acceptors (Lipinski definition) is 0. The zero-order chi connectivity index (χ0) is 10.1. The van der Waals surface area contributed by atoms with Crippen LogP contribution in [0.2, 0.25) is 0 Å². The second-order valence-electron chi connectivity index (χ2n) is 4.75. The quantitative estimate of drug-likeness (QED) is 0.658. The summed E-state index contributed by atoms with van der Waals surface area (Å²) in [4.78, 5) is 0. The summed E-state index contributed by atoms with van der Waals surface area (Å²) in [5.41, 5.74) is 6.06. The number of rotatable bonds is 2. The number of allylic oxidation sites excluding steroid dienone is 1. The molecule has 1 aromatic carbocycles. The topological polar surface area (TPSA) is 0 Å². The Bertz CT molecular complexity index is 370. The summed E-state index contributed by atoms with van der Waals surface area (Å²) >= 11 is 0. The number of benzene rings is 1. The fourth-order valence-corrected chi connectivity index (χ4v) is 2.23. The van der Waals surface area contributed by atoms with Crippen molar-refractivity contribution in [1.82, 2.24) is 0 Å². The Morgan fingerprint density at radius 1 is 1.29 bits per heavy atom. The minimum Gasteiger partial charge on any atom is -0.0683 e. The molecule has 0 saturated carbocycles. The molecule has 1 aliphatic carbocycles. The van der Waals surface area contributed by atoms with Crippen molar-refractivity contribution in [2.24, 2.45) is 5.92 Å². The van der Waals surface area contributed by atoms with E-state index in [0.717, 1.165) is 12.3 Å². The van der Waals surface area contributed by atoms with Crippen LogP contribution >= 0.6 is 0 Å². The molecule has 0 N–H and O–H groups in total. The minimum absolute atomic E-state index is 0.752. The Labute approximate surface area is 86.7 Å². The zero-order valence-corrected chi connectivity index (χ0v) is 9.30. The molecule has 0 bridgehead atoms. The van der Waals surface area contributed by atoms with Gasteiger partial charge in [0.1, 0.15) is 0 Å². The van der Waals surface area contributed by atoms with E-state index in [9.17, 15) is 0 Å². The van der Waals surface area contributed by atoms with Crippen molar-refractivity contribution in [2.45, 2.75) is 33.6 Å². The number of hydrogen-bond donors (Lipinski definition) is 0. The van der Waals surface area contributed by atoms with Gasteiger partial charge in [-0.15, -0.1) is 0 Å². The molecule has 0 saturated heterocycles. The highest BCUT2D eigenvalue weighted by Gasteiger charge is 2.13. The van der Waals surface area contributed by atoms with Gasteiger partial charge in [-0.2, -0.15) is 0 Å². The normalized spacial score (nSPS) is 14.4. The lowest BCUT2D eigenvalue weighted by atomic mass is 9.95. The summed E-state index contributed by atoms with van der Waals surface area (Å²) in [7, 11) is 0. The maximum atomic E-state index is 2.32. The predicted octanol–water partition coefficient (Wildman–Crippen LogP) is 3.84. The zero-order valence-electron chi connectivity index (χ0n) is 9.30. The van der Waals surface area contributed by atoms with Crippen LogP contribution < -0.4 is 0 Å². The predicted molar refractivity (Wildman–Crippen MR) is 62.3 cm³/mol. The first kappa shape index (κ1) is 9.51. The van der Waals surface area contributed by atoms with E-state index >= 15 is 0 Å². The molecule has 2 rings (SSSR count). The fraction of sp³-hybridized carbons (Fsp3) is 0.429.